The molecule has 0 spiro atoms. The molecule has 0 atom stereocenters. The number of ether oxygens (including phenoxy) is 1. The maximum absolute atomic E-state index is 11.5. The van der Waals surface area contributed by atoms with Crippen LogP contribution < -0.4 is 10.6 Å². The number of halogens is 1. The molecular formula is C14H21ClN2O2. The first-order chi connectivity index (χ1) is 8.70. The van der Waals surface area contributed by atoms with Crippen LogP contribution in [-0.4, -0.2) is 31.7 Å². The third-order valence-corrected chi connectivity index (χ3v) is 3.28. The van der Waals surface area contributed by atoms with Gasteiger partial charge in [-0.15, -0.1) is 12.4 Å². The molecule has 4 nitrogen and oxygen atoms in total. The number of nitrogens with zero attached hydrogens (tertiary/aromatic N) is 1. The predicted molar refractivity (Wildman–Crippen MR) is 79.1 cm³/mol. The van der Waals surface area contributed by atoms with Crippen LogP contribution in [0.2, 0.25) is 0 Å². The van der Waals surface area contributed by atoms with Crippen molar-refractivity contribution in [1.29, 1.82) is 0 Å². The summed E-state index contributed by atoms with van der Waals surface area (Å²) >= 11 is 0. The minimum atomic E-state index is -0.260. The second-order valence-electron chi connectivity index (χ2n) is 4.59. The zero-order valence-electron chi connectivity index (χ0n) is 11.2. The first kappa shape index (κ1) is 15.8. The van der Waals surface area contributed by atoms with Gasteiger partial charge in [-0.1, -0.05) is 0 Å². The predicted octanol–water partition coefficient (Wildman–Crippen LogP) is 2.21. The van der Waals surface area contributed by atoms with Gasteiger partial charge in [-0.25, -0.2) is 4.79 Å². The lowest BCUT2D eigenvalue weighted by Gasteiger charge is -2.32. The molecule has 1 aliphatic rings. The van der Waals surface area contributed by atoms with E-state index in [9.17, 15) is 4.79 Å². The van der Waals surface area contributed by atoms with E-state index in [1.165, 1.54) is 0 Å². The van der Waals surface area contributed by atoms with E-state index in [-0.39, 0.29) is 18.4 Å². The standard InChI is InChI=1S/C14H20N2O2.ClH/c1-2-18-14(17)11-3-5-13(6-4-11)16-9-7-12(15)8-10-16;/h3-6,12H,2,7-10,15H2,1H3;1H. The molecule has 0 saturated carbocycles. The number of benzene rings is 1. The average Bonchev–Trinajstić information content (AvgIpc) is 2.40. The lowest BCUT2D eigenvalue weighted by Crippen LogP contribution is -2.39. The Morgan fingerprint density at radius 1 is 1.32 bits per heavy atom. The molecule has 1 heterocycles. The Bertz CT molecular complexity index is 400. The molecule has 1 aromatic carbocycles. The minimum absolute atomic E-state index is 0. The van der Waals surface area contributed by atoms with E-state index >= 15 is 0 Å². The van der Waals surface area contributed by atoms with Crippen molar-refractivity contribution in [2.75, 3.05) is 24.6 Å². The second kappa shape index (κ2) is 7.36. The number of rotatable bonds is 3. The van der Waals surface area contributed by atoms with Gasteiger partial charge in [-0.2, -0.15) is 0 Å². The highest BCUT2D eigenvalue weighted by atomic mass is 35.5. The SMILES string of the molecule is CCOC(=O)c1ccc(N2CCC(N)CC2)cc1.Cl. The zero-order valence-corrected chi connectivity index (χ0v) is 12.0. The summed E-state index contributed by atoms with van der Waals surface area (Å²) in [6, 6.07) is 7.93. The van der Waals surface area contributed by atoms with Gasteiger partial charge in [-0.05, 0) is 44.0 Å². The van der Waals surface area contributed by atoms with Gasteiger partial charge in [0.2, 0.25) is 0 Å². The van der Waals surface area contributed by atoms with E-state index in [2.05, 4.69) is 4.90 Å². The molecule has 106 valence electrons. The highest BCUT2D eigenvalue weighted by molar-refractivity contribution is 5.89. The molecule has 0 aliphatic carbocycles. The van der Waals surface area contributed by atoms with Crippen molar-refractivity contribution in [3.63, 3.8) is 0 Å². The quantitative estimate of drug-likeness (QED) is 0.865. The molecule has 0 unspecified atom stereocenters. The fraction of sp³-hybridized carbons (Fsp3) is 0.500. The number of nitrogens with two attached hydrogens (primary N) is 1. The fourth-order valence-corrected chi connectivity index (χ4v) is 2.18. The van der Waals surface area contributed by atoms with E-state index in [1.54, 1.807) is 0 Å². The Hall–Kier alpha value is -1.26. The number of esters is 1. The van der Waals surface area contributed by atoms with Crippen molar-refractivity contribution >= 4 is 24.1 Å². The summed E-state index contributed by atoms with van der Waals surface area (Å²) in [4.78, 5) is 13.8. The van der Waals surface area contributed by atoms with E-state index in [4.69, 9.17) is 10.5 Å². The van der Waals surface area contributed by atoms with E-state index in [1.807, 2.05) is 31.2 Å². The number of carbonyl (C=O) groups excluding carboxylic acids is 1. The third-order valence-electron chi connectivity index (χ3n) is 3.28. The van der Waals surface area contributed by atoms with Gasteiger partial charge in [0.15, 0.2) is 0 Å². The van der Waals surface area contributed by atoms with Crippen molar-refractivity contribution in [1.82, 2.24) is 0 Å². The topological polar surface area (TPSA) is 55.6 Å². The number of hydrogen-bond acceptors (Lipinski definition) is 4. The molecule has 1 aromatic rings. The summed E-state index contributed by atoms with van der Waals surface area (Å²) in [7, 11) is 0. The minimum Gasteiger partial charge on any atom is -0.462 e. The van der Waals surface area contributed by atoms with Crippen LogP contribution in [0.15, 0.2) is 24.3 Å². The molecule has 5 heteroatoms. The highest BCUT2D eigenvalue weighted by Gasteiger charge is 2.16. The highest BCUT2D eigenvalue weighted by Crippen LogP contribution is 2.20. The van der Waals surface area contributed by atoms with Crippen molar-refractivity contribution in [2.45, 2.75) is 25.8 Å². The van der Waals surface area contributed by atoms with Crippen molar-refractivity contribution in [2.24, 2.45) is 5.73 Å². The first-order valence-corrected chi connectivity index (χ1v) is 6.48. The lowest BCUT2D eigenvalue weighted by atomic mass is 10.1. The number of anilines is 1. The summed E-state index contributed by atoms with van der Waals surface area (Å²) in [6.45, 7) is 4.19. The normalized spacial score (nSPS) is 15.8. The van der Waals surface area contributed by atoms with Gasteiger partial charge in [0.25, 0.3) is 0 Å². The average molecular weight is 285 g/mol. The van der Waals surface area contributed by atoms with Crippen LogP contribution >= 0.6 is 12.4 Å². The second-order valence-corrected chi connectivity index (χ2v) is 4.59. The van der Waals surface area contributed by atoms with Crippen molar-refractivity contribution in [3.05, 3.63) is 29.8 Å². The van der Waals surface area contributed by atoms with Crippen LogP contribution in [0, 0.1) is 0 Å². The van der Waals surface area contributed by atoms with Crippen LogP contribution in [0.4, 0.5) is 5.69 Å². The molecule has 2 N–H and O–H groups in total. The summed E-state index contributed by atoms with van der Waals surface area (Å²) in [6.07, 6.45) is 2.05. The Morgan fingerprint density at radius 2 is 1.89 bits per heavy atom. The molecule has 1 saturated heterocycles. The van der Waals surface area contributed by atoms with Crippen LogP contribution in [-0.2, 0) is 4.74 Å². The monoisotopic (exact) mass is 284 g/mol. The van der Waals surface area contributed by atoms with E-state index < -0.39 is 0 Å². The smallest absolute Gasteiger partial charge is 0.338 e. The number of hydrogen-bond donors (Lipinski definition) is 1. The van der Waals surface area contributed by atoms with Crippen LogP contribution in [0.1, 0.15) is 30.1 Å². The molecule has 1 aliphatic heterocycles. The molecule has 0 radical (unpaired) electrons. The van der Waals surface area contributed by atoms with Crippen LogP contribution in [0.5, 0.6) is 0 Å². The van der Waals surface area contributed by atoms with E-state index in [0.717, 1.165) is 31.6 Å². The number of carbonyl (C=O) groups is 1. The van der Waals surface area contributed by atoms with Crippen LogP contribution in [0.3, 0.4) is 0 Å². The summed E-state index contributed by atoms with van der Waals surface area (Å²) in [5.74, 6) is -0.260. The Labute approximate surface area is 120 Å². The maximum atomic E-state index is 11.5. The van der Waals surface area contributed by atoms with Gasteiger partial charge in [0, 0.05) is 24.8 Å². The largest absolute Gasteiger partial charge is 0.462 e. The van der Waals surface area contributed by atoms with Crippen LogP contribution in [0.25, 0.3) is 0 Å². The molecule has 0 aromatic heterocycles. The van der Waals surface area contributed by atoms with Crippen molar-refractivity contribution in [3.8, 4) is 0 Å². The maximum Gasteiger partial charge on any atom is 0.338 e. The lowest BCUT2D eigenvalue weighted by molar-refractivity contribution is 0.0526. The molecule has 19 heavy (non-hydrogen) atoms. The third kappa shape index (κ3) is 4.11. The summed E-state index contributed by atoms with van der Waals surface area (Å²) < 4.78 is 4.96. The van der Waals surface area contributed by atoms with Crippen molar-refractivity contribution < 1.29 is 9.53 Å². The van der Waals surface area contributed by atoms with Gasteiger partial charge in [-0.3, -0.25) is 0 Å². The molecule has 1 fully saturated rings. The summed E-state index contributed by atoms with van der Waals surface area (Å²) in [5.41, 5.74) is 7.64. The molecule has 0 bridgehead atoms. The number of piperidine rings is 1. The summed E-state index contributed by atoms with van der Waals surface area (Å²) in [5, 5.41) is 0. The van der Waals surface area contributed by atoms with E-state index in [0.29, 0.717) is 18.2 Å². The molecular weight excluding hydrogens is 264 g/mol. The Kier molecular flexibility index (Phi) is 6.12. The van der Waals surface area contributed by atoms with Gasteiger partial charge in [0.1, 0.15) is 0 Å². The Balaban J connectivity index is 0.00000180. The van der Waals surface area contributed by atoms with Gasteiger partial charge in [0.05, 0.1) is 12.2 Å². The first-order valence-electron chi connectivity index (χ1n) is 6.48. The van der Waals surface area contributed by atoms with Gasteiger partial charge < -0.3 is 15.4 Å². The Morgan fingerprint density at radius 3 is 2.42 bits per heavy atom. The zero-order chi connectivity index (χ0) is 13.0. The molecule has 0 amide bonds. The van der Waals surface area contributed by atoms with Gasteiger partial charge >= 0.3 is 5.97 Å². The fourth-order valence-electron chi connectivity index (χ4n) is 2.18. The molecule has 2 rings (SSSR count).